The highest BCUT2D eigenvalue weighted by atomic mass is 16.5. The van der Waals surface area contributed by atoms with Gasteiger partial charge in [-0.05, 0) is 0 Å². The van der Waals surface area contributed by atoms with Crippen molar-refractivity contribution in [2.75, 3.05) is 46.6 Å². The number of imidazole rings is 1. The van der Waals surface area contributed by atoms with Crippen LogP contribution in [0.5, 0.6) is 0 Å². The second-order valence-corrected chi connectivity index (χ2v) is 5.58. The van der Waals surface area contributed by atoms with Gasteiger partial charge in [0.05, 0.1) is 26.4 Å². The van der Waals surface area contributed by atoms with Crippen molar-refractivity contribution in [3.8, 4) is 0 Å². The lowest BCUT2D eigenvalue weighted by molar-refractivity contribution is 0.0394. The third-order valence-corrected chi connectivity index (χ3v) is 4.02. The van der Waals surface area contributed by atoms with Crippen molar-refractivity contribution in [1.29, 1.82) is 0 Å². The molecule has 1 saturated heterocycles. The Kier molecular flexibility index (Phi) is 4.40. The molecule has 0 N–H and O–H groups in total. The van der Waals surface area contributed by atoms with E-state index in [-0.39, 0.29) is 11.9 Å². The first-order chi connectivity index (χ1) is 10.3. The summed E-state index contributed by atoms with van der Waals surface area (Å²) in [5.74, 6) is 1.23. The van der Waals surface area contributed by atoms with E-state index in [1.54, 1.807) is 13.3 Å². The first kappa shape index (κ1) is 14.3. The van der Waals surface area contributed by atoms with E-state index in [0.717, 1.165) is 12.4 Å². The summed E-state index contributed by atoms with van der Waals surface area (Å²) in [7, 11) is 1.70. The van der Waals surface area contributed by atoms with E-state index in [0.29, 0.717) is 46.0 Å². The molecule has 2 amide bonds. The lowest BCUT2D eigenvalue weighted by Crippen LogP contribution is -2.49. The first-order valence-corrected chi connectivity index (χ1v) is 7.38. The predicted octanol–water partition coefficient (Wildman–Crippen LogP) is 0.413. The molecule has 1 aromatic heterocycles. The van der Waals surface area contributed by atoms with E-state index in [1.165, 1.54) is 0 Å². The summed E-state index contributed by atoms with van der Waals surface area (Å²) in [5.41, 5.74) is 0. The maximum absolute atomic E-state index is 12.7. The minimum Gasteiger partial charge on any atom is -0.384 e. The number of carbonyl (C=O) groups excluding carboxylic acids is 1. The average molecular weight is 294 g/mol. The summed E-state index contributed by atoms with van der Waals surface area (Å²) in [4.78, 5) is 20.8. The third-order valence-electron chi connectivity index (χ3n) is 4.02. The van der Waals surface area contributed by atoms with Crippen molar-refractivity contribution in [2.24, 2.45) is 5.92 Å². The minimum absolute atomic E-state index is 0.0795. The molecule has 1 atom stereocenters. The van der Waals surface area contributed by atoms with Crippen LogP contribution in [0.15, 0.2) is 12.4 Å². The van der Waals surface area contributed by atoms with E-state index in [1.807, 2.05) is 16.0 Å². The maximum atomic E-state index is 12.7. The zero-order valence-corrected chi connectivity index (χ0v) is 12.4. The van der Waals surface area contributed by atoms with Gasteiger partial charge in [0.1, 0.15) is 5.82 Å². The number of methoxy groups -OCH3 is 1. The zero-order valence-electron chi connectivity index (χ0n) is 12.4. The molecule has 0 saturated carbocycles. The molecule has 21 heavy (non-hydrogen) atoms. The van der Waals surface area contributed by atoms with Crippen LogP contribution in [0.4, 0.5) is 4.79 Å². The summed E-state index contributed by atoms with van der Waals surface area (Å²) < 4.78 is 12.7. The molecule has 0 spiro atoms. The normalized spacial score (nSPS) is 22.8. The van der Waals surface area contributed by atoms with Gasteiger partial charge in [-0.1, -0.05) is 0 Å². The predicted molar refractivity (Wildman–Crippen MR) is 75.8 cm³/mol. The van der Waals surface area contributed by atoms with Crippen LogP contribution >= 0.6 is 0 Å². The molecular weight excluding hydrogens is 272 g/mol. The second kappa shape index (κ2) is 6.44. The van der Waals surface area contributed by atoms with Gasteiger partial charge in [-0.15, -0.1) is 0 Å². The smallest absolute Gasteiger partial charge is 0.320 e. The van der Waals surface area contributed by atoms with Gasteiger partial charge in [0.15, 0.2) is 0 Å². The Morgan fingerprint density at radius 1 is 1.38 bits per heavy atom. The minimum atomic E-state index is 0.0795. The van der Waals surface area contributed by atoms with Gasteiger partial charge in [0, 0.05) is 51.6 Å². The van der Waals surface area contributed by atoms with Gasteiger partial charge in [-0.3, -0.25) is 0 Å². The summed E-state index contributed by atoms with van der Waals surface area (Å²) in [6.45, 7) is 5.32. The van der Waals surface area contributed by atoms with Crippen molar-refractivity contribution < 1.29 is 14.3 Å². The van der Waals surface area contributed by atoms with E-state index in [9.17, 15) is 4.79 Å². The summed E-state index contributed by atoms with van der Waals surface area (Å²) in [6.07, 6.45) is 3.77. The topological polar surface area (TPSA) is 59.8 Å². The fourth-order valence-corrected chi connectivity index (χ4v) is 2.98. The molecule has 7 nitrogen and oxygen atoms in total. The van der Waals surface area contributed by atoms with Crippen molar-refractivity contribution in [1.82, 2.24) is 19.4 Å². The molecule has 1 aromatic rings. The summed E-state index contributed by atoms with van der Waals surface area (Å²) >= 11 is 0. The van der Waals surface area contributed by atoms with Crippen LogP contribution < -0.4 is 0 Å². The molecule has 3 rings (SSSR count). The summed E-state index contributed by atoms with van der Waals surface area (Å²) in [5, 5.41) is 0. The third kappa shape index (κ3) is 3.19. The average Bonchev–Trinajstić information content (AvgIpc) is 2.86. The van der Waals surface area contributed by atoms with Gasteiger partial charge in [-0.2, -0.15) is 0 Å². The van der Waals surface area contributed by atoms with E-state index < -0.39 is 0 Å². The fraction of sp³-hybridized carbons (Fsp3) is 0.714. The van der Waals surface area contributed by atoms with Crippen molar-refractivity contribution in [3.63, 3.8) is 0 Å². The number of fused-ring (bicyclic) bond motifs is 1. The van der Waals surface area contributed by atoms with Gasteiger partial charge in [0.2, 0.25) is 0 Å². The van der Waals surface area contributed by atoms with Crippen molar-refractivity contribution in [2.45, 2.75) is 13.1 Å². The molecule has 0 aromatic carbocycles. The fourth-order valence-electron chi connectivity index (χ4n) is 2.98. The lowest BCUT2D eigenvalue weighted by Gasteiger charge is -2.33. The Morgan fingerprint density at radius 2 is 2.19 bits per heavy atom. The molecule has 0 unspecified atom stereocenters. The summed E-state index contributed by atoms with van der Waals surface area (Å²) in [6, 6.07) is 0.0795. The molecule has 116 valence electrons. The highest BCUT2D eigenvalue weighted by Crippen LogP contribution is 2.17. The molecule has 3 heterocycles. The number of hydrogen-bond acceptors (Lipinski definition) is 4. The Bertz CT molecular complexity index is 484. The number of carbonyl (C=O) groups is 1. The van der Waals surface area contributed by atoms with Crippen molar-refractivity contribution in [3.05, 3.63) is 18.2 Å². The van der Waals surface area contributed by atoms with Crippen LogP contribution in [-0.2, 0) is 22.6 Å². The zero-order chi connectivity index (χ0) is 14.7. The Balaban J connectivity index is 1.75. The molecule has 0 radical (unpaired) electrons. The maximum Gasteiger partial charge on any atom is 0.320 e. The number of morpholine rings is 1. The van der Waals surface area contributed by atoms with Crippen LogP contribution in [0.1, 0.15) is 5.82 Å². The second-order valence-electron chi connectivity index (χ2n) is 5.58. The molecule has 2 aliphatic heterocycles. The van der Waals surface area contributed by atoms with Gasteiger partial charge in [-0.25, -0.2) is 9.78 Å². The van der Waals surface area contributed by atoms with Gasteiger partial charge in [0.25, 0.3) is 0 Å². The van der Waals surface area contributed by atoms with Gasteiger partial charge >= 0.3 is 6.03 Å². The number of hydrogen-bond donors (Lipinski definition) is 0. The van der Waals surface area contributed by atoms with Crippen LogP contribution in [0.25, 0.3) is 0 Å². The molecule has 0 aliphatic carbocycles. The van der Waals surface area contributed by atoms with E-state index in [4.69, 9.17) is 9.47 Å². The number of nitrogens with zero attached hydrogens (tertiary/aromatic N) is 4. The SMILES string of the molecule is COC[C@H]1CN(C(=O)N2CCOCC2)Cc2nccn2C1. The number of rotatable bonds is 2. The number of aromatic nitrogens is 2. The van der Waals surface area contributed by atoms with Crippen LogP contribution in [0.3, 0.4) is 0 Å². The highest BCUT2D eigenvalue weighted by Gasteiger charge is 2.29. The molecule has 2 aliphatic rings. The Hall–Kier alpha value is -1.60. The standard InChI is InChI=1S/C14H22N4O3/c1-20-11-12-8-17-3-2-15-13(17)10-18(9-12)14(19)16-4-6-21-7-5-16/h2-3,12H,4-11H2,1H3/t12-/m1/s1. The quantitative estimate of drug-likeness (QED) is 0.793. The Labute approximate surface area is 124 Å². The number of ether oxygens (including phenoxy) is 2. The van der Waals surface area contributed by atoms with E-state index in [2.05, 4.69) is 9.55 Å². The highest BCUT2D eigenvalue weighted by molar-refractivity contribution is 5.74. The molecular formula is C14H22N4O3. The first-order valence-electron chi connectivity index (χ1n) is 7.38. The van der Waals surface area contributed by atoms with Crippen LogP contribution in [0.2, 0.25) is 0 Å². The van der Waals surface area contributed by atoms with Crippen molar-refractivity contribution >= 4 is 6.03 Å². The largest absolute Gasteiger partial charge is 0.384 e. The monoisotopic (exact) mass is 294 g/mol. The van der Waals surface area contributed by atoms with Crippen LogP contribution in [-0.4, -0.2) is 71.9 Å². The van der Waals surface area contributed by atoms with E-state index >= 15 is 0 Å². The van der Waals surface area contributed by atoms with Gasteiger partial charge < -0.3 is 23.8 Å². The number of amides is 2. The molecule has 1 fully saturated rings. The Morgan fingerprint density at radius 3 is 2.95 bits per heavy atom. The molecule has 7 heteroatoms. The molecule has 0 bridgehead atoms. The van der Waals surface area contributed by atoms with Crippen LogP contribution in [0, 0.1) is 5.92 Å². The lowest BCUT2D eigenvalue weighted by atomic mass is 10.1. The number of urea groups is 1.